The van der Waals surface area contributed by atoms with Crippen molar-refractivity contribution in [1.82, 2.24) is 10.2 Å². The first-order valence-electron chi connectivity index (χ1n) is 7.31. The smallest absolute Gasteiger partial charge is 0.317 e. The van der Waals surface area contributed by atoms with Crippen molar-refractivity contribution in [3.05, 3.63) is 35.9 Å². The molecule has 4 nitrogen and oxygen atoms in total. The van der Waals surface area contributed by atoms with Crippen LogP contribution in [-0.2, 0) is 0 Å². The van der Waals surface area contributed by atoms with Gasteiger partial charge >= 0.3 is 6.03 Å². The molecule has 1 aromatic rings. The fourth-order valence-electron chi connectivity index (χ4n) is 2.16. The number of hydrogen-bond acceptors (Lipinski definition) is 2. The number of rotatable bonds is 7. The maximum atomic E-state index is 12.2. The van der Waals surface area contributed by atoms with Gasteiger partial charge in [-0.15, -0.1) is 0 Å². The molecule has 1 aromatic carbocycles. The van der Waals surface area contributed by atoms with Crippen LogP contribution in [0.15, 0.2) is 30.3 Å². The van der Waals surface area contributed by atoms with Crippen LogP contribution in [0, 0.1) is 0 Å². The zero-order chi connectivity index (χ0) is 15.0. The summed E-state index contributed by atoms with van der Waals surface area (Å²) in [4.78, 5) is 13.8. The molecule has 0 aliphatic rings. The van der Waals surface area contributed by atoms with Gasteiger partial charge in [-0.3, -0.25) is 0 Å². The van der Waals surface area contributed by atoms with Gasteiger partial charge in [0.05, 0.1) is 6.61 Å². The minimum absolute atomic E-state index is 0.00393. The van der Waals surface area contributed by atoms with Crippen LogP contribution in [0.25, 0.3) is 0 Å². The number of carbonyl (C=O) groups is 1. The minimum Gasteiger partial charge on any atom is -0.395 e. The van der Waals surface area contributed by atoms with E-state index in [-0.39, 0.29) is 24.6 Å². The first kappa shape index (κ1) is 16.5. The Kier molecular flexibility index (Phi) is 7.09. The van der Waals surface area contributed by atoms with Gasteiger partial charge in [-0.1, -0.05) is 44.2 Å². The van der Waals surface area contributed by atoms with Crippen LogP contribution in [0.2, 0.25) is 0 Å². The first-order chi connectivity index (χ1) is 9.60. The highest BCUT2D eigenvalue weighted by Gasteiger charge is 2.19. The number of urea groups is 1. The van der Waals surface area contributed by atoms with Crippen molar-refractivity contribution in [2.75, 3.05) is 19.7 Å². The van der Waals surface area contributed by atoms with Crippen molar-refractivity contribution in [2.45, 2.75) is 39.2 Å². The lowest BCUT2D eigenvalue weighted by atomic mass is 9.94. The Bertz CT molecular complexity index is 389. The number of amides is 2. The molecule has 0 heterocycles. The van der Waals surface area contributed by atoms with Gasteiger partial charge in [0.1, 0.15) is 0 Å². The molecule has 0 bridgehead atoms. The fourth-order valence-corrected chi connectivity index (χ4v) is 2.16. The molecule has 0 spiro atoms. The van der Waals surface area contributed by atoms with Gasteiger partial charge in [-0.05, 0) is 18.9 Å². The number of nitrogens with zero attached hydrogens (tertiary/aromatic N) is 1. The molecule has 20 heavy (non-hydrogen) atoms. The lowest BCUT2D eigenvalue weighted by Crippen LogP contribution is -2.46. The fraction of sp³-hybridized carbons (Fsp3) is 0.562. The van der Waals surface area contributed by atoms with Crippen LogP contribution in [-0.4, -0.2) is 41.8 Å². The van der Waals surface area contributed by atoms with Crippen LogP contribution in [0.4, 0.5) is 4.79 Å². The van der Waals surface area contributed by atoms with E-state index in [1.54, 1.807) is 4.90 Å². The van der Waals surface area contributed by atoms with Crippen LogP contribution < -0.4 is 5.32 Å². The minimum atomic E-state index is -0.101. The quantitative estimate of drug-likeness (QED) is 0.805. The molecular weight excluding hydrogens is 252 g/mol. The number of benzene rings is 1. The van der Waals surface area contributed by atoms with Crippen molar-refractivity contribution in [1.29, 1.82) is 0 Å². The van der Waals surface area contributed by atoms with Crippen molar-refractivity contribution >= 4 is 6.03 Å². The van der Waals surface area contributed by atoms with Crippen molar-refractivity contribution in [2.24, 2.45) is 0 Å². The SMILES string of the molecule is CCCN(CCO)C(=O)NC(C)C(C)c1ccccc1. The van der Waals surface area contributed by atoms with E-state index in [0.717, 1.165) is 6.42 Å². The van der Waals surface area contributed by atoms with E-state index < -0.39 is 0 Å². The zero-order valence-corrected chi connectivity index (χ0v) is 12.7. The highest BCUT2D eigenvalue weighted by molar-refractivity contribution is 5.74. The molecule has 0 aliphatic carbocycles. The topological polar surface area (TPSA) is 52.6 Å². The standard InChI is InChI=1S/C16H26N2O2/c1-4-10-18(11-12-19)16(20)17-14(3)13(2)15-8-6-5-7-9-15/h5-9,13-14,19H,4,10-12H2,1-3H3,(H,17,20). The van der Waals surface area contributed by atoms with E-state index in [2.05, 4.69) is 24.4 Å². The summed E-state index contributed by atoms with van der Waals surface area (Å²) in [6.45, 7) is 7.18. The number of hydrogen-bond donors (Lipinski definition) is 2. The molecule has 0 aromatic heterocycles. The summed E-state index contributed by atoms with van der Waals surface area (Å²) in [5.41, 5.74) is 1.21. The number of aliphatic hydroxyl groups is 1. The van der Waals surface area contributed by atoms with Crippen LogP contribution in [0.3, 0.4) is 0 Å². The third-order valence-electron chi connectivity index (χ3n) is 3.58. The summed E-state index contributed by atoms with van der Waals surface area (Å²) in [5.74, 6) is 0.248. The lowest BCUT2D eigenvalue weighted by Gasteiger charge is -2.27. The van der Waals surface area contributed by atoms with Crippen molar-refractivity contribution in [3.63, 3.8) is 0 Å². The third kappa shape index (κ3) is 4.85. The van der Waals surface area contributed by atoms with E-state index >= 15 is 0 Å². The summed E-state index contributed by atoms with van der Waals surface area (Å²) in [7, 11) is 0. The number of aliphatic hydroxyl groups excluding tert-OH is 1. The Hall–Kier alpha value is -1.55. The maximum Gasteiger partial charge on any atom is 0.317 e. The van der Waals surface area contributed by atoms with Crippen molar-refractivity contribution < 1.29 is 9.90 Å². The zero-order valence-electron chi connectivity index (χ0n) is 12.7. The van der Waals surface area contributed by atoms with Gasteiger partial charge in [-0.25, -0.2) is 4.79 Å². The largest absolute Gasteiger partial charge is 0.395 e. The maximum absolute atomic E-state index is 12.2. The molecule has 2 N–H and O–H groups in total. The van der Waals surface area contributed by atoms with Gasteiger partial charge in [0, 0.05) is 25.0 Å². The van der Waals surface area contributed by atoms with E-state index in [1.807, 2.05) is 32.0 Å². The Morgan fingerprint density at radius 3 is 2.45 bits per heavy atom. The van der Waals surface area contributed by atoms with E-state index in [0.29, 0.717) is 13.1 Å². The van der Waals surface area contributed by atoms with Crippen LogP contribution >= 0.6 is 0 Å². The van der Waals surface area contributed by atoms with Crippen LogP contribution in [0.1, 0.15) is 38.7 Å². The summed E-state index contributed by atoms with van der Waals surface area (Å²) in [6, 6.07) is 10.1. The second-order valence-corrected chi connectivity index (χ2v) is 5.15. The van der Waals surface area contributed by atoms with Gasteiger partial charge in [0.25, 0.3) is 0 Å². The molecule has 0 saturated carbocycles. The molecule has 2 atom stereocenters. The molecule has 1 rings (SSSR count). The number of nitrogens with one attached hydrogen (secondary N) is 1. The van der Waals surface area contributed by atoms with E-state index in [9.17, 15) is 4.79 Å². The van der Waals surface area contributed by atoms with E-state index in [1.165, 1.54) is 5.56 Å². The molecule has 2 unspecified atom stereocenters. The second-order valence-electron chi connectivity index (χ2n) is 5.15. The summed E-state index contributed by atoms with van der Waals surface area (Å²) >= 11 is 0. The normalized spacial score (nSPS) is 13.6. The predicted octanol–water partition coefficient (Wildman–Crippen LogP) is 2.59. The Labute approximate surface area is 121 Å². The second kappa shape index (κ2) is 8.59. The van der Waals surface area contributed by atoms with Crippen LogP contribution in [0.5, 0.6) is 0 Å². The average Bonchev–Trinajstić information content (AvgIpc) is 2.47. The van der Waals surface area contributed by atoms with Crippen molar-refractivity contribution in [3.8, 4) is 0 Å². The molecule has 0 aliphatic heterocycles. The highest BCUT2D eigenvalue weighted by atomic mass is 16.3. The molecule has 0 saturated heterocycles. The Morgan fingerprint density at radius 2 is 1.90 bits per heavy atom. The third-order valence-corrected chi connectivity index (χ3v) is 3.58. The van der Waals surface area contributed by atoms with Gasteiger partial charge in [0.2, 0.25) is 0 Å². The monoisotopic (exact) mass is 278 g/mol. The summed E-state index contributed by atoms with van der Waals surface area (Å²) in [6.07, 6.45) is 0.885. The number of carbonyl (C=O) groups excluding carboxylic acids is 1. The molecule has 4 heteroatoms. The molecular formula is C16H26N2O2. The Morgan fingerprint density at radius 1 is 1.25 bits per heavy atom. The predicted molar refractivity (Wildman–Crippen MR) is 81.8 cm³/mol. The Balaban J connectivity index is 2.59. The first-order valence-corrected chi connectivity index (χ1v) is 7.31. The van der Waals surface area contributed by atoms with Gasteiger partial charge in [-0.2, -0.15) is 0 Å². The lowest BCUT2D eigenvalue weighted by molar-refractivity contribution is 0.173. The van der Waals surface area contributed by atoms with Gasteiger partial charge in [0.15, 0.2) is 0 Å². The summed E-state index contributed by atoms with van der Waals surface area (Å²) < 4.78 is 0. The summed E-state index contributed by atoms with van der Waals surface area (Å²) in [5, 5.41) is 12.0. The van der Waals surface area contributed by atoms with Gasteiger partial charge < -0.3 is 15.3 Å². The highest BCUT2D eigenvalue weighted by Crippen LogP contribution is 2.18. The molecule has 0 radical (unpaired) electrons. The molecule has 112 valence electrons. The average molecular weight is 278 g/mol. The molecule has 2 amide bonds. The van der Waals surface area contributed by atoms with E-state index in [4.69, 9.17) is 5.11 Å². The molecule has 0 fully saturated rings.